The Kier molecular flexibility index (Phi) is 4.04. The fourth-order valence-electron chi connectivity index (χ4n) is 2.10. The highest BCUT2D eigenvalue weighted by atomic mass is 127. The molecule has 1 aromatic rings. The summed E-state index contributed by atoms with van der Waals surface area (Å²) in [6, 6.07) is 5.74. The van der Waals surface area contributed by atoms with Gasteiger partial charge in [-0.1, -0.05) is 0 Å². The second-order valence-corrected chi connectivity index (χ2v) is 5.67. The van der Waals surface area contributed by atoms with Gasteiger partial charge in [0.1, 0.15) is 0 Å². The Morgan fingerprint density at radius 1 is 1.53 bits per heavy atom. The highest BCUT2D eigenvalue weighted by Gasteiger charge is 2.23. The molecule has 0 spiro atoms. The van der Waals surface area contributed by atoms with E-state index in [9.17, 15) is 9.90 Å². The molecule has 1 aliphatic rings. The van der Waals surface area contributed by atoms with Gasteiger partial charge in [-0.2, -0.15) is 0 Å². The number of β-amino-alcohol motifs (C(OH)–C–C–N with tert-alkyl or cyclic N) is 1. The van der Waals surface area contributed by atoms with Crippen molar-refractivity contribution in [3.05, 3.63) is 32.9 Å². The molecule has 1 saturated heterocycles. The molecule has 3 nitrogen and oxygen atoms in total. The molecule has 0 aliphatic carbocycles. The zero-order chi connectivity index (χ0) is 12.4. The number of amides is 1. The maximum atomic E-state index is 12.2. The predicted octanol–water partition coefficient (Wildman–Crippen LogP) is 2.20. The van der Waals surface area contributed by atoms with E-state index < -0.39 is 0 Å². The van der Waals surface area contributed by atoms with Crippen LogP contribution < -0.4 is 0 Å². The molecule has 1 N–H and O–H groups in total. The summed E-state index contributed by atoms with van der Waals surface area (Å²) in [6.45, 7) is 3.22. The van der Waals surface area contributed by atoms with E-state index >= 15 is 0 Å². The van der Waals surface area contributed by atoms with Gasteiger partial charge < -0.3 is 10.0 Å². The summed E-state index contributed by atoms with van der Waals surface area (Å²) in [7, 11) is 0. The first kappa shape index (κ1) is 12.8. The lowest BCUT2D eigenvalue weighted by molar-refractivity contribution is 0.0473. The second-order valence-electron chi connectivity index (χ2n) is 4.51. The zero-order valence-corrected chi connectivity index (χ0v) is 12.0. The number of hydrogen-bond acceptors (Lipinski definition) is 2. The van der Waals surface area contributed by atoms with Gasteiger partial charge >= 0.3 is 0 Å². The first-order chi connectivity index (χ1) is 8.08. The van der Waals surface area contributed by atoms with E-state index in [0.717, 1.165) is 34.1 Å². The Morgan fingerprint density at radius 2 is 2.29 bits per heavy atom. The van der Waals surface area contributed by atoms with Crippen molar-refractivity contribution in [1.82, 2.24) is 4.90 Å². The molecule has 0 unspecified atom stereocenters. The quantitative estimate of drug-likeness (QED) is 0.793. The monoisotopic (exact) mass is 345 g/mol. The summed E-state index contributed by atoms with van der Waals surface area (Å²) in [5, 5.41) is 9.58. The average Bonchev–Trinajstić information content (AvgIpc) is 2.32. The zero-order valence-electron chi connectivity index (χ0n) is 9.82. The molecule has 0 bridgehead atoms. The van der Waals surface area contributed by atoms with Crippen LogP contribution in [0.5, 0.6) is 0 Å². The van der Waals surface area contributed by atoms with Gasteiger partial charge in [-0.25, -0.2) is 0 Å². The summed E-state index contributed by atoms with van der Waals surface area (Å²) in [6.07, 6.45) is 1.32. The first-order valence-electron chi connectivity index (χ1n) is 5.81. The number of likely N-dealkylation sites (tertiary alicyclic amines) is 1. The molecule has 1 heterocycles. The molecule has 1 atom stereocenters. The van der Waals surface area contributed by atoms with E-state index in [1.165, 1.54) is 0 Å². The topological polar surface area (TPSA) is 40.5 Å². The van der Waals surface area contributed by atoms with Crippen LogP contribution in [0.3, 0.4) is 0 Å². The number of aryl methyl sites for hydroxylation is 1. The predicted molar refractivity (Wildman–Crippen MR) is 75.0 cm³/mol. The molecule has 2 rings (SSSR count). The van der Waals surface area contributed by atoms with Gasteiger partial charge in [-0.15, -0.1) is 0 Å². The van der Waals surface area contributed by atoms with Gasteiger partial charge in [0.15, 0.2) is 0 Å². The normalized spacial score (nSPS) is 20.4. The van der Waals surface area contributed by atoms with Crippen LogP contribution in [-0.2, 0) is 0 Å². The number of halogens is 1. The molecule has 0 aromatic heterocycles. The number of carbonyl (C=O) groups is 1. The van der Waals surface area contributed by atoms with E-state index in [4.69, 9.17) is 0 Å². The van der Waals surface area contributed by atoms with Crippen LogP contribution in [0.1, 0.15) is 28.8 Å². The van der Waals surface area contributed by atoms with Gasteiger partial charge in [0, 0.05) is 22.2 Å². The fourth-order valence-corrected chi connectivity index (χ4v) is 2.43. The Morgan fingerprint density at radius 3 is 2.94 bits per heavy atom. The largest absolute Gasteiger partial charge is 0.391 e. The number of nitrogens with zero attached hydrogens (tertiary/aromatic N) is 1. The summed E-state index contributed by atoms with van der Waals surface area (Å²) in [4.78, 5) is 14.0. The highest BCUT2D eigenvalue weighted by molar-refractivity contribution is 14.1. The third-order valence-corrected chi connectivity index (χ3v) is 4.30. The van der Waals surface area contributed by atoms with Crippen molar-refractivity contribution in [2.75, 3.05) is 13.1 Å². The second kappa shape index (κ2) is 5.35. The van der Waals surface area contributed by atoms with Crippen LogP contribution in [0.2, 0.25) is 0 Å². The van der Waals surface area contributed by atoms with E-state index in [0.29, 0.717) is 6.54 Å². The molecule has 0 radical (unpaired) electrons. The lowest BCUT2D eigenvalue weighted by atomic mass is 10.1. The fraction of sp³-hybridized carbons (Fsp3) is 0.462. The Hall–Kier alpha value is -0.620. The molecule has 17 heavy (non-hydrogen) atoms. The summed E-state index contributed by atoms with van der Waals surface area (Å²) >= 11 is 2.26. The van der Waals surface area contributed by atoms with Crippen LogP contribution in [0.4, 0.5) is 0 Å². The van der Waals surface area contributed by atoms with Crippen LogP contribution in [0.25, 0.3) is 0 Å². The standard InChI is InChI=1S/C13H16INO2/c1-9-7-10(4-5-12(9)14)13(17)15-6-2-3-11(16)8-15/h4-5,7,11,16H,2-3,6,8H2,1H3/t11-/m0/s1. The van der Waals surface area contributed by atoms with Crippen LogP contribution in [0.15, 0.2) is 18.2 Å². The minimum Gasteiger partial charge on any atom is -0.391 e. The Bertz CT molecular complexity index is 433. The minimum atomic E-state index is -0.363. The lowest BCUT2D eigenvalue weighted by Gasteiger charge is -2.30. The number of benzene rings is 1. The highest BCUT2D eigenvalue weighted by Crippen LogP contribution is 2.17. The van der Waals surface area contributed by atoms with Crippen molar-refractivity contribution in [3.63, 3.8) is 0 Å². The molecule has 0 saturated carbocycles. The number of aliphatic hydroxyl groups is 1. The average molecular weight is 345 g/mol. The van der Waals surface area contributed by atoms with Gasteiger partial charge in [-0.05, 0) is 66.1 Å². The number of carbonyl (C=O) groups excluding carboxylic acids is 1. The third kappa shape index (κ3) is 2.98. The van der Waals surface area contributed by atoms with Crippen molar-refractivity contribution in [1.29, 1.82) is 0 Å². The van der Waals surface area contributed by atoms with E-state index in [-0.39, 0.29) is 12.0 Å². The Labute approximate surface area is 115 Å². The van der Waals surface area contributed by atoms with Crippen molar-refractivity contribution in [3.8, 4) is 0 Å². The van der Waals surface area contributed by atoms with E-state index in [1.54, 1.807) is 4.90 Å². The molecule has 1 fully saturated rings. The first-order valence-corrected chi connectivity index (χ1v) is 6.89. The number of hydrogen-bond donors (Lipinski definition) is 1. The van der Waals surface area contributed by atoms with Crippen molar-refractivity contribution in [2.45, 2.75) is 25.9 Å². The minimum absolute atomic E-state index is 0.0308. The molecule has 1 aromatic carbocycles. The maximum absolute atomic E-state index is 12.2. The van der Waals surface area contributed by atoms with E-state index in [1.807, 2.05) is 25.1 Å². The maximum Gasteiger partial charge on any atom is 0.253 e. The van der Waals surface area contributed by atoms with Crippen LogP contribution in [0, 0.1) is 10.5 Å². The lowest BCUT2D eigenvalue weighted by Crippen LogP contribution is -2.42. The summed E-state index contributed by atoms with van der Waals surface area (Å²) in [5.41, 5.74) is 1.84. The van der Waals surface area contributed by atoms with Gasteiger partial charge in [0.25, 0.3) is 5.91 Å². The van der Waals surface area contributed by atoms with E-state index in [2.05, 4.69) is 22.6 Å². The molecule has 1 aliphatic heterocycles. The Balaban J connectivity index is 2.15. The van der Waals surface area contributed by atoms with Crippen LogP contribution in [-0.4, -0.2) is 35.1 Å². The summed E-state index contributed by atoms with van der Waals surface area (Å²) in [5.74, 6) is 0.0308. The number of piperidine rings is 1. The van der Waals surface area contributed by atoms with Crippen molar-refractivity contribution in [2.24, 2.45) is 0 Å². The SMILES string of the molecule is Cc1cc(C(=O)N2CCC[C@H](O)C2)ccc1I. The summed E-state index contributed by atoms with van der Waals surface area (Å²) < 4.78 is 1.16. The van der Waals surface area contributed by atoms with Crippen LogP contribution >= 0.6 is 22.6 Å². The smallest absolute Gasteiger partial charge is 0.253 e. The molecule has 92 valence electrons. The van der Waals surface area contributed by atoms with Gasteiger partial charge in [-0.3, -0.25) is 4.79 Å². The third-order valence-electron chi connectivity index (χ3n) is 3.09. The van der Waals surface area contributed by atoms with Gasteiger partial charge in [0.05, 0.1) is 6.10 Å². The van der Waals surface area contributed by atoms with Crippen molar-refractivity contribution >= 4 is 28.5 Å². The van der Waals surface area contributed by atoms with Crippen molar-refractivity contribution < 1.29 is 9.90 Å². The molecule has 4 heteroatoms. The molecular formula is C13H16INO2. The number of aliphatic hydroxyl groups excluding tert-OH is 1. The van der Waals surface area contributed by atoms with Gasteiger partial charge in [0.2, 0.25) is 0 Å². The molecule has 1 amide bonds. The molecular weight excluding hydrogens is 329 g/mol. The number of rotatable bonds is 1.